The van der Waals surface area contributed by atoms with Crippen LogP contribution in [0.1, 0.15) is 20.3 Å². The minimum absolute atomic E-state index is 0.132. The second kappa shape index (κ2) is 6.79. The second-order valence-electron chi connectivity index (χ2n) is 6.60. The van der Waals surface area contributed by atoms with E-state index in [-0.39, 0.29) is 10.8 Å². The molecule has 0 bridgehead atoms. The Hall–Kier alpha value is -1.40. The zero-order chi connectivity index (χ0) is 16.3. The highest BCUT2D eigenvalue weighted by Crippen LogP contribution is 2.20. The van der Waals surface area contributed by atoms with Gasteiger partial charge in [-0.05, 0) is 18.6 Å². The van der Waals surface area contributed by atoms with E-state index in [0.29, 0.717) is 24.1 Å². The molecule has 6 heteroatoms. The molecule has 0 radical (unpaired) electrons. The standard InChI is InChI=1S/C16H24N2O3S/c1-12-8-13(2)10-18(9-12)11-16(19)17-14-6-4-5-7-15(14)22(3,20)21/h4-7,12-13H,8-11H2,1-3H3,(H,17,19)/p+1/t12-,13-/m1/s1. The van der Waals surface area contributed by atoms with Crippen LogP contribution in [-0.4, -0.2) is 40.2 Å². The average Bonchev–Trinajstić information content (AvgIpc) is 2.36. The molecular formula is C16H25N2O3S+. The topological polar surface area (TPSA) is 67.7 Å². The molecular weight excluding hydrogens is 300 g/mol. The zero-order valence-corrected chi connectivity index (χ0v) is 14.2. The van der Waals surface area contributed by atoms with Crippen LogP contribution in [0, 0.1) is 11.8 Å². The molecule has 0 unspecified atom stereocenters. The van der Waals surface area contributed by atoms with Crippen molar-refractivity contribution < 1.29 is 18.1 Å². The highest BCUT2D eigenvalue weighted by Gasteiger charge is 2.27. The lowest BCUT2D eigenvalue weighted by Crippen LogP contribution is -3.15. The van der Waals surface area contributed by atoms with Crippen LogP contribution >= 0.6 is 0 Å². The Bertz CT molecular complexity index is 633. The van der Waals surface area contributed by atoms with Gasteiger partial charge in [0.05, 0.1) is 23.7 Å². The highest BCUT2D eigenvalue weighted by molar-refractivity contribution is 7.90. The van der Waals surface area contributed by atoms with E-state index in [0.717, 1.165) is 19.3 Å². The molecule has 1 aromatic rings. The molecule has 0 saturated carbocycles. The third-order valence-electron chi connectivity index (χ3n) is 4.05. The van der Waals surface area contributed by atoms with E-state index < -0.39 is 9.84 Å². The average molecular weight is 325 g/mol. The Balaban J connectivity index is 2.04. The van der Waals surface area contributed by atoms with Crippen molar-refractivity contribution in [1.82, 2.24) is 0 Å². The summed E-state index contributed by atoms with van der Waals surface area (Å²) in [5.41, 5.74) is 0.368. The van der Waals surface area contributed by atoms with Crippen molar-refractivity contribution in [2.45, 2.75) is 25.2 Å². The molecule has 2 rings (SSSR count). The lowest BCUT2D eigenvalue weighted by Gasteiger charge is -2.31. The number of likely N-dealkylation sites (tertiary alicyclic amines) is 1. The monoisotopic (exact) mass is 325 g/mol. The molecule has 122 valence electrons. The molecule has 2 N–H and O–H groups in total. The number of carbonyl (C=O) groups is 1. The Kier molecular flexibility index (Phi) is 5.24. The minimum atomic E-state index is -3.35. The van der Waals surface area contributed by atoms with Crippen LogP contribution in [0.3, 0.4) is 0 Å². The number of quaternary nitrogens is 1. The molecule has 0 aromatic heterocycles. The third-order valence-corrected chi connectivity index (χ3v) is 5.21. The normalized spacial score (nSPS) is 25.7. The van der Waals surface area contributed by atoms with Gasteiger partial charge in [-0.15, -0.1) is 0 Å². The number of sulfone groups is 1. The predicted octanol–water partition coefficient (Wildman–Crippen LogP) is 0.589. The summed E-state index contributed by atoms with van der Waals surface area (Å²) in [6, 6.07) is 6.53. The van der Waals surface area contributed by atoms with E-state index in [1.54, 1.807) is 18.2 Å². The maximum absolute atomic E-state index is 12.2. The van der Waals surface area contributed by atoms with Crippen LogP contribution < -0.4 is 10.2 Å². The summed E-state index contributed by atoms with van der Waals surface area (Å²) in [5, 5.41) is 2.76. The Morgan fingerprint density at radius 2 is 1.82 bits per heavy atom. The van der Waals surface area contributed by atoms with Gasteiger partial charge in [0.15, 0.2) is 16.4 Å². The smallest absolute Gasteiger partial charge is 0.279 e. The Morgan fingerprint density at radius 1 is 1.23 bits per heavy atom. The summed E-state index contributed by atoms with van der Waals surface area (Å²) in [6.45, 7) is 6.79. The number of carbonyl (C=O) groups excluding carboxylic acids is 1. The van der Waals surface area contributed by atoms with Gasteiger partial charge >= 0.3 is 0 Å². The van der Waals surface area contributed by atoms with E-state index in [1.807, 2.05) is 0 Å². The van der Waals surface area contributed by atoms with E-state index in [4.69, 9.17) is 0 Å². The number of benzene rings is 1. The molecule has 1 saturated heterocycles. The van der Waals surface area contributed by atoms with Crippen molar-refractivity contribution >= 4 is 21.4 Å². The zero-order valence-electron chi connectivity index (χ0n) is 13.4. The quantitative estimate of drug-likeness (QED) is 0.851. The number of nitrogens with one attached hydrogen (secondary N) is 2. The van der Waals surface area contributed by atoms with Crippen molar-refractivity contribution in [3.8, 4) is 0 Å². The van der Waals surface area contributed by atoms with Gasteiger partial charge in [-0.2, -0.15) is 0 Å². The first-order valence-electron chi connectivity index (χ1n) is 7.68. The molecule has 0 spiro atoms. The maximum Gasteiger partial charge on any atom is 0.279 e. The molecule has 1 heterocycles. The second-order valence-corrected chi connectivity index (χ2v) is 8.58. The fourth-order valence-corrected chi connectivity index (χ4v) is 4.23. The van der Waals surface area contributed by atoms with Gasteiger partial charge in [0, 0.05) is 18.1 Å². The van der Waals surface area contributed by atoms with E-state index in [1.165, 1.54) is 17.4 Å². The van der Waals surface area contributed by atoms with Gasteiger partial charge in [0.2, 0.25) is 0 Å². The summed E-state index contributed by atoms with van der Waals surface area (Å²) in [4.78, 5) is 13.7. The van der Waals surface area contributed by atoms with Gasteiger partial charge < -0.3 is 10.2 Å². The Morgan fingerprint density at radius 3 is 2.41 bits per heavy atom. The molecule has 5 nitrogen and oxygen atoms in total. The number of rotatable bonds is 4. The summed E-state index contributed by atoms with van der Waals surface area (Å²) in [5.74, 6) is 1.11. The van der Waals surface area contributed by atoms with Crippen molar-refractivity contribution in [1.29, 1.82) is 0 Å². The Labute approximate surface area is 132 Å². The molecule has 0 aliphatic carbocycles. The predicted molar refractivity (Wildman–Crippen MR) is 86.7 cm³/mol. The number of amides is 1. The highest BCUT2D eigenvalue weighted by atomic mass is 32.2. The number of para-hydroxylation sites is 1. The van der Waals surface area contributed by atoms with Crippen LogP contribution in [0.15, 0.2) is 29.2 Å². The number of hydrogen-bond acceptors (Lipinski definition) is 3. The van der Waals surface area contributed by atoms with Gasteiger partial charge in [0.25, 0.3) is 5.91 Å². The lowest BCUT2D eigenvalue weighted by atomic mass is 9.92. The van der Waals surface area contributed by atoms with Gasteiger partial charge in [0.1, 0.15) is 0 Å². The third kappa shape index (κ3) is 4.55. The lowest BCUT2D eigenvalue weighted by molar-refractivity contribution is -0.904. The van der Waals surface area contributed by atoms with Crippen molar-refractivity contribution in [2.75, 3.05) is 31.2 Å². The molecule has 1 aliphatic rings. The summed E-state index contributed by atoms with van der Waals surface area (Å²) >= 11 is 0. The van der Waals surface area contributed by atoms with Gasteiger partial charge in [-0.1, -0.05) is 26.0 Å². The van der Waals surface area contributed by atoms with Crippen LogP contribution in [-0.2, 0) is 14.6 Å². The van der Waals surface area contributed by atoms with Crippen LogP contribution in [0.5, 0.6) is 0 Å². The number of anilines is 1. The molecule has 22 heavy (non-hydrogen) atoms. The molecule has 1 aromatic carbocycles. The van der Waals surface area contributed by atoms with Crippen LogP contribution in [0.25, 0.3) is 0 Å². The number of piperidine rings is 1. The van der Waals surface area contributed by atoms with E-state index in [9.17, 15) is 13.2 Å². The van der Waals surface area contributed by atoms with Crippen molar-refractivity contribution in [2.24, 2.45) is 11.8 Å². The fraction of sp³-hybridized carbons (Fsp3) is 0.562. The number of hydrogen-bond donors (Lipinski definition) is 2. The van der Waals surface area contributed by atoms with Crippen molar-refractivity contribution in [3.05, 3.63) is 24.3 Å². The van der Waals surface area contributed by atoms with Crippen LogP contribution in [0.2, 0.25) is 0 Å². The van der Waals surface area contributed by atoms with E-state index in [2.05, 4.69) is 19.2 Å². The van der Waals surface area contributed by atoms with Crippen molar-refractivity contribution in [3.63, 3.8) is 0 Å². The minimum Gasteiger partial charge on any atom is -0.327 e. The molecule has 1 aliphatic heterocycles. The first kappa shape index (κ1) is 17.0. The van der Waals surface area contributed by atoms with E-state index >= 15 is 0 Å². The first-order chi connectivity index (χ1) is 10.3. The molecule has 2 atom stereocenters. The van der Waals surface area contributed by atoms with Gasteiger partial charge in [-0.3, -0.25) is 4.79 Å². The van der Waals surface area contributed by atoms with Crippen LogP contribution in [0.4, 0.5) is 5.69 Å². The molecule has 1 fully saturated rings. The first-order valence-corrected chi connectivity index (χ1v) is 9.57. The molecule has 1 amide bonds. The summed E-state index contributed by atoms with van der Waals surface area (Å²) < 4.78 is 23.5. The fourth-order valence-electron chi connectivity index (χ4n) is 3.38. The summed E-state index contributed by atoms with van der Waals surface area (Å²) in [6.07, 6.45) is 2.36. The largest absolute Gasteiger partial charge is 0.327 e. The maximum atomic E-state index is 12.2. The summed E-state index contributed by atoms with van der Waals surface area (Å²) in [7, 11) is -3.35. The van der Waals surface area contributed by atoms with Gasteiger partial charge in [-0.25, -0.2) is 8.42 Å². The SMILES string of the molecule is C[C@@H]1C[C@@H](C)C[NH+](CC(=O)Nc2ccccc2S(C)(=O)=O)C1.